The first-order valence-electron chi connectivity index (χ1n) is 9.12. The number of carbonyl (C=O) groups excluding carboxylic acids is 1. The van der Waals surface area contributed by atoms with Gasteiger partial charge < -0.3 is 5.32 Å². The van der Waals surface area contributed by atoms with Crippen molar-refractivity contribution in [3.05, 3.63) is 77.5 Å². The molecule has 4 rings (SSSR count). The molecular formula is C22H17F3N4O. The van der Waals surface area contributed by atoms with Gasteiger partial charge in [-0.3, -0.25) is 9.48 Å². The van der Waals surface area contributed by atoms with Gasteiger partial charge >= 0.3 is 6.18 Å². The number of nitrogens with zero attached hydrogens (tertiary/aromatic N) is 3. The van der Waals surface area contributed by atoms with Gasteiger partial charge in [0, 0.05) is 24.1 Å². The van der Waals surface area contributed by atoms with Crippen molar-refractivity contribution in [2.45, 2.75) is 13.1 Å². The molecule has 8 heteroatoms. The van der Waals surface area contributed by atoms with Gasteiger partial charge in [0.25, 0.3) is 5.91 Å². The summed E-state index contributed by atoms with van der Waals surface area (Å²) in [7, 11) is 1.72. The quantitative estimate of drug-likeness (QED) is 0.504. The number of hydrogen-bond donors (Lipinski definition) is 1. The Kier molecular flexibility index (Phi) is 4.77. The van der Waals surface area contributed by atoms with Crippen molar-refractivity contribution < 1.29 is 18.0 Å². The molecule has 0 radical (unpaired) electrons. The zero-order chi connectivity index (χ0) is 21.5. The Morgan fingerprint density at radius 1 is 1.03 bits per heavy atom. The van der Waals surface area contributed by atoms with Crippen LogP contribution in [-0.4, -0.2) is 20.7 Å². The van der Waals surface area contributed by atoms with Gasteiger partial charge in [-0.15, -0.1) is 0 Å². The summed E-state index contributed by atoms with van der Waals surface area (Å²) in [6.45, 7) is 1.82. The minimum atomic E-state index is -4.45. The van der Waals surface area contributed by atoms with E-state index in [2.05, 4.69) is 15.4 Å². The molecule has 2 aromatic carbocycles. The van der Waals surface area contributed by atoms with Gasteiger partial charge in [-0.05, 0) is 31.2 Å². The molecule has 0 aliphatic rings. The lowest BCUT2D eigenvalue weighted by Crippen LogP contribution is -2.15. The molecule has 152 valence electrons. The second-order valence-corrected chi connectivity index (χ2v) is 6.90. The lowest BCUT2D eigenvalue weighted by Gasteiger charge is -2.11. The van der Waals surface area contributed by atoms with Crippen LogP contribution < -0.4 is 5.32 Å². The predicted molar refractivity (Wildman–Crippen MR) is 108 cm³/mol. The molecule has 0 unspecified atom stereocenters. The summed E-state index contributed by atoms with van der Waals surface area (Å²) in [4.78, 5) is 17.4. The van der Waals surface area contributed by atoms with Gasteiger partial charge in [0.05, 0.1) is 28.0 Å². The van der Waals surface area contributed by atoms with Crippen molar-refractivity contribution in [1.29, 1.82) is 0 Å². The number of anilines is 1. The van der Waals surface area contributed by atoms with E-state index in [9.17, 15) is 18.0 Å². The number of nitrogens with one attached hydrogen (secondary N) is 1. The maximum Gasteiger partial charge on any atom is 0.416 e. The summed E-state index contributed by atoms with van der Waals surface area (Å²) in [5, 5.41) is 7.70. The van der Waals surface area contributed by atoms with Gasteiger partial charge in [-0.1, -0.05) is 30.3 Å². The number of pyridine rings is 1. The number of hydrogen-bond acceptors (Lipinski definition) is 3. The van der Waals surface area contributed by atoms with Crippen molar-refractivity contribution in [1.82, 2.24) is 14.8 Å². The standard InChI is InChI=1S/C22H17F3N4O/c1-13-11-19(29(2)28-13)27-21(30)17-8-4-5-14-9-10-18(26-20(14)17)15-6-3-7-16(12-15)22(23,24)25/h3-12H,1-2H3,(H,27,30). The number of carbonyl (C=O) groups is 1. The van der Waals surface area contributed by atoms with Crippen LogP contribution >= 0.6 is 0 Å². The van der Waals surface area contributed by atoms with Gasteiger partial charge in [0.1, 0.15) is 5.82 Å². The van der Waals surface area contributed by atoms with Crippen molar-refractivity contribution in [3.8, 4) is 11.3 Å². The molecule has 1 N–H and O–H groups in total. The fourth-order valence-electron chi connectivity index (χ4n) is 3.26. The summed E-state index contributed by atoms with van der Waals surface area (Å²) >= 11 is 0. The van der Waals surface area contributed by atoms with Crippen LogP contribution in [0.3, 0.4) is 0 Å². The molecule has 0 saturated carbocycles. The Balaban J connectivity index is 1.76. The topological polar surface area (TPSA) is 59.8 Å². The van der Waals surface area contributed by atoms with Crippen molar-refractivity contribution >= 4 is 22.6 Å². The number of alkyl halides is 3. The average Bonchev–Trinajstić information content (AvgIpc) is 3.03. The number of halogens is 3. The molecule has 0 fully saturated rings. The Bertz CT molecular complexity index is 1260. The highest BCUT2D eigenvalue weighted by atomic mass is 19.4. The highest BCUT2D eigenvalue weighted by molar-refractivity contribution is 6.11. The van der Waals surface area contributed by atoms with E-state index in [1.165, 1.54) is 6.07 Å². The third kappa shape index (κ3) is 3.76. The highest BCUT2D eigenvalue weighted by Gasteiger charge is 2.30. The molecule has 0 aliphatic heterocycles. The van der Waals surface area contributed by atoms with Gasteiger partial charge in [0.2, 0.25) is 0 Å². The molecular weight excluding hydrogens is 393 g/mol. The van der Waals surface area contributed by atoms with Crippen LogP contribution in [0.25, 0.3) is 22.2 Å². The number of rotatable bonds is 3. The lowest BCUT2D eigenvalue weighted by atomic mass is 10.0. The van der Waals surface area contributed by atoms with Crippen molar-refractivity contribution in [2.24, 2.45) is 7.05 Å². The number of para-hydroxylation sites is 1. The van der Waals surface area contributed by atoms with Crippen LogP contribution in [0.1, 0.15) is 21.6 Å². The molecule has 0 atom stereocenters. The first-order chi connectivity index (χ1) is 14.2. The number of aryl methyl sites for hydroxylation is 2. The Morgan fingerprint density at radius 3 is 2.50 bits per heavy atom. The SMILES string of the molecule is Cc1cc(NC(=O)c2cccc3ccc(-c4cccc(C(F)(F)F)c4)nc23)n(C)n1. The minimum Gasteiger partial charge on any atom is -0.307 e. The van der Waals surface area contributed by atoms with E-state index >= 15 is 0 Å². The molecule has 30 heavy (non-hydrogen) atoms. The van der Waals surface area contributed by atoms with Gasteiger partial charge in [-0.2, -0.15) is 18.3 Å². The molecule has 4 aromatic rings. The van der Waals surface area contributed by atoms with Crippen molar-refractivity contribution in [2.75, 3.05) is 5.32 Å². The van der Waals surface area contributed by atoms with Crippen LogP contribution in [0.4, 0.5) is 19.0 Å². The molecule has 2 aromatic heterocycles. The summed E-state index contributed by atoms with van der Waals surface area (Å²) in [5.41, 5.74) is 1.41. The summed E-state index contributed by atoms with van der Waals surface area (Å²) in [6.07, 6.45) is -4.45. The number of amides is 1. The zero-order valence-electron chi connectivity index (χ0n) is 16.2. The Labute approximate surface area is 170 Å². The fraction of sp³-hybridized carbons (Fsp3) is 0.136. The predicted octanol–water partition coefficient (Wildman–Crippen LogP) is 5.21. The van der Waals surface area contributed by atoms with Crippen LogP contribution in [0, 0.1) is 6.92 Å². The monoisotopic (exact) mass is 410 g/mol. The smallest absolute Gasteiger partial charge is 0.307 e. The maximum atomic E-state index is 13.1. The Hall–Kier alpha value is -3.68. The van der Waals surface area contributed by atoms with Crippen molar-refractivity contribution in [3.63, 3.8) is 0 Å². The number of fused-ring (bicyclic) bond motifs is 1. The zero-order valence-corrected chi connectivity index (χ0v) is 16.2. The summed E-state index contributed by atoms with van der Waals surface area (Å²) < 4.78 is 40.8. The van der Waals surface area contributed by atoms with Crippen LogP contribution in [-0.2, 0) is 13.2 Å². The molecule has 0 aliphatic carbocycles. The molecule has 2 heterocycles. The largest absolute Gasteiger partial charge is 0.416 e. The van der Waals surface area contributed by atoms with E-state index in [0.29, 0.717) is 33.5 Å². The summed E-state index contributed by atoms with van der Waals surface area (Å²) in [5.74, 6) is 0.154. The first kappa shape index (κ1) is 19.6. The third-order valence-electron chi connectivity index (χ3n) is 4.69. The average molecular weight is 410 g/mol. The molecule has 1 amide bonds. The highest BCUT2D eigenvalue weighted by Crippen LogP contribution is 2.32. The van der Waals surface area contributed by atoms with E-state index in [4.69, 9.17) is 0 Å². The van der Waals surface area contributed by atoms with Crippen LogP contribution in [0.5, 0.6) is 0 Å². The molecule has 5 nitrogen and oxygen atoms in total. The minimum absolute atomic E-state index is 0.320. The Morgan fingerprint density at radius 2 is 1.80 bits per heavy atom. The number of aromatic nitrogens is 3. The lowest BCUT2D eigenvalue weighted by molar-refractivity contribution is -0.137. The molecule has 0 saturated heterocycles. The second kappa shape index (κ2) is 7.29. The summed E-state index contributed by atoms with van der Waals surface area (Å²) in [6, 6.07) is 15.2. The van der Waals surface area contributed by atoms with E-state index in [1.54, 1.807) is 54.2 Å². The van der Waals surface area contributed by atoms with Crippen LogP contribution in [0.15, 0.2) is 60.7 Å². The van der Waals surface area contributed by atoms with Crippen LogP contribution in [0.2, 0.25) is 0 Å². The first-order valence-corrected chi connectivity index (χ1v) is 9.12. The third-order valence-corrected chi connectivity index (χ3v) is 4.69. The van der Waals surface area contributed by atoms with E-state index < -0.39 is 11.7 Å². The molecule has 0 bridgehead atoms. The maximum absolute atomic E-state index is 13.1. The van der Waals surface area contributed by atoms with Gasteiger partial charge in [-0.25, -0.2) is 4.98 Å². The van der Waals surface area contributed by atoms with Gasteiger partial charge in [0.15, 0.2) is 0 Å². The molecule has 0 spiro atoms. The van der Waals surface area contributed by atoms with E-state index in [-0.39, 0.29) is 5.91 Å². The number of benzene rings is 2. The normalized spacial score (nSPS) is 11.6. The fourth-order valence-corrected chi connectivity index (χ4v) is 3.26. The second-order valence-electron chi connectivity index (χ2n) is 6.90. The van der Waals surface area contributed by atoms with E-state index in [1.807, 2.05) is 6.92 Å². The van der Waals surface area contributed by atoms with E-state index in [0.717, 1.165) is 17.8 Å².